The summed E-state index contributed by atoms with van der Waals surface area (Å²) in [5, 5.41) is 0. The Morgan fingerprint density at radius 3 is 2.38 bits per heavy atom. The van der Waals surface area contributed by atoms with Gasteiger partial charge >= 0.3 is 0 Å². The Morgan fingerprint density at radius 2 is 1.85 bits per heavy atom. The van der Waals surface area contributed by atoms with Crippen molar-refractivity contribution >= 4 is 0 Å². The van der Waals surface area contributed by atoms with Crippen LogP contribution in [-0.2, 0) is 0 Å². The molecule has 0 rings (SSSR count). The van der Waals surface area contributed by atoms with Crippen LogP contribution in [0.1, 0.15) is 58.8 Å². The van der Waals surface area contributed by atoms with Gasteiger partial charge in [0.05, 0.1) is 0 Å². The molecule has 1 atom stereocenters. The number of hydrazine groups is 1. The van der Waals surface area contributed by atoms with E-state index in [1.54, 1.807) is 0 Å². The second-order valence-electron chi connectivity index (χ2n) is 3.87. The molecule has 0 bridgehead atoms. The van der Waals surface area contributed by atoms with Gasteiger partial charge in [-0.15, -0.1) is 0 Å². The second kappa shape index (κ2) is 10.0. The maximum absolute atomic E-state index is 5.26. The normalized spacial score (nSPS) is 13.2. The SMILES string of the molecule is CCCCCCC(CC)CCNN. The molecule has 0 aromatic carbocycles. The van der Waals surface area contributed by atoms with Crippen molar-refractivity contribution in [2.24, 2.45) is 11.8 Å². The highest BCUT2D eigenvalue weighted by Crippen LogP contribution is 2.16. The maximum atomic E-state index is 5.26. The van der Waals surface area contributed by atoms with Crippen LogP contribution in [0.25, 0.3) is 0 Å². The fourth-order valence-corrected chi connectivity index (χ4v) is 1.70. The van der Waals surface area contributed by atoms with Gasteiger partial charge in [0.2, 0.25) is 0 Å². The van der Waals surface area contributed by atoms with Crippen LogP contribution >= 0.6 is 0 Å². The molecule has 3 N–H and O–H groups in total. The van der Waals surface area contributed by atoms with Crippen LogP contribution in [0.4, 0.5) is 0 Å². The molecule has 0 radical (unpaired) electrons. The summed E-state index contributed by atoms with van der Waals surface area (Å²) >= 11 is 0. The van der Waals surface area contributed by atoms with Gasteiger partial charge in [-0.25, -0.2) is 0 Å². The van der Waals surface area contributed by atoms with Crippen molar-refractivity contribution in [3.05, 3.63) is 0 Å². The molecule has 2 nitrogen and oxygen atoms in total. The fourth-order valence-electron chi connectivity index (χ4n) is 1.70. The average molecular weight is 186 g/mol. The molecular formula is C11H26N2. The predicted octanol–water partition coefficient (Wildman–Crippen LogP) is 2.84. The van der Waals surface area contributed by atoms with Gasteiger partial charge in [-0.1, -0.05) is 52.4 Å². The van der Waals surface area contributed by atoms with Crippen LogP contribution in [0.2, 0.25) is 0 Å². The van der Waals surface area contributed by atoms with Gasteiger partial charge in [0.15, 0.2) is 0 Å². The maximum Gasteiger partial charge on any atom is 0.01000 e. The van der Waals surface area contributed by atoms with Crippen molar-refractivity contribution in [2.45, 2.75) is 58.8 Å². The second-order valence-corrected chi connectivity index (χ2v) is 3.87. The van der Waals surface area contributed by atoms with Gasteiger partial charge in [0.1, 0.15) is 0 Å². The number of unbranched alkanes of at least 4 members (excludes halogenated alkanes) is 3. The Morgan fingerprint density at radius 1 is 1.08 bits per heavy atom. The van der Waals surface area contributed by atoms with Gasteiger partial charge < -0.3 is 0 Å². The van der Waals surface area contributed by atoms with Crippen molar-refractivity contribution in [3.8, 4) is 0 Å². The van der Waals surface area contributed by atoms with Crippen LogP contribution in [-0.4, -0.2) is 6.54 Å². The lowest BCUT2D eigenvalue weighted by atomic mass is 9.95. The van der Waals surface area contributed by atoms with E-state index in [9.17, 15) is 0 Å². The zero-order chi connectivity index (χ0) is 9.94. The van der Waals surface area contributed by atoms with E-state index < -0.39 is 0 Å². The quantitative estimate of drug-likeness (QED) is 0.330. The Bertz CT molecular complexity index is 94.1. The Labute approximate surface area is 83.2 Å². The number of hydrogen-bond acceptors (Lipinski definition) is 2. The Hall–Kier alpha value is -0.0800. The zero-order valence-electron chi connectivity index (χ0n) is 9.31. The minimum atomic E-state index is 0.882. The summed E-state index contributed by atoms with van der Waals surface area (Å²) in [6, 6.07) is 0. The third kappa shape index (κ3) is 8.26. The van der Waals surface area contributed by atoms with Gasteiger partial charge in [-0.2, -0.15) is 0 Å². The lowest BCUT2D eigenvalue weighted by molar-refractivity contribution is 0.405. The summed E-state index contributed by atoms with van der Waals surface area (Å²) in [4.78, 5) is 0. The molecular weight excluding hydrogens is 160 g/mol. The molecule has 0 spiro atoms. The first-order valence-corrected chi connectivity index (χ1v) is 5.78. The summed E-state index contributed by atoms with van der Waals surface area (Å²) in [6.45, 7) is 5.50. The molecule has 0 aliphatic heterocycles. The zero-order valence-corrected chi connectivity index (χ0v) is 9.31. The van der Waals surface area contributed by atoms with Gasteiger partial charge in [-0.3, -0.25) is 11.3 Å². The van der Waals surface area contributed by atoms with Crippen molar-refractivity contribution in [1.29, 1.82) is 0 Å². The van der Waals surface area contributed by atoms with E-state index in [-0.39, 0.29) is 0 Å². The average Bonchev–Trinajstić information content (AvgIpc) is 2.17. The van der Waals surface area contributed by atoms with Crippen molar-refractivity contribution in [1.82, 2.24) is 5.43 Å². The van der Waals surface area contributed by atoms with E-state index in [1.807, 2.05) is 0 Å². The molecule has 0 aliphatic rings. The topological polar surface area (TPSA) is 38.0 Å². The Kier molecular flexibility index (Phi) is 9.94. The summed E-state index contributed by atoms with van der Waals surface area (Å²) in [5.74, 6) is 6.14. The van der Waals surface area contributed by atoms with Crippen LogP contribution in [0, 0.1) is 5.92 Å². The molecule has 0 aromatic heterocycles. The van der Waals surface area contributed by atoms with Crippen molar-refractivity contribution < 1.29 is 0 Å². The van der Waals surface area contributed by atoms with Crippen LogP contribution < -0.4 is 11.3 Å². The molecule has 0 saturated heterocycles. The van der Waals surface area contributed by atoms with E-state index >= 15 is 0 Å². The lowest BCUT2D eigenvalue weighted by Gasteiger charge is -2.13. The number of hydrogen-bond donors (Lipinski definition) is 2. The molecule has 80 valence electrons. The van der Waals surface area contributed by atoms with E-state index in [2.05, 4.69) is 19.3 Å². The summed E-state index contributed by atoms with van der Waals surface area (Å²) in [7, 11) is 0. The largest absolute Gasteiger partial charge is 0.271 e. The minimum absolute atomic E-state index is 0.882. The fraction of sp³-hybridized carbons (Fsp3) is 1.00. The molecule has 0 aliphatic carbocycles. The van der Waals surface area contributed by atoms with Crippen LogP contribution in [0.3, 0.4) is 0 Å². The summed E-state index contributed by atoms with van der Waals surface area (Å²) in [6.07, 6.45) is 9.46. The molecule has 0 aromatic rings. The third-order valence-corrected chi connectivity index (χ3v) is 2.74. The monoisotopic (exact) mass is 186 g/mol. The van der Waals surface area contributed by atoms with Gasteiger partial charge in [-0.05, 0) is 12.3 Å². The minimum Gasteiger partial charge on any atom is -0.271 e. The summed E-state index contributed by atoms with van der Waals surface area (Å²) < 4.78 is 0. The molecule has 13 heavy (non-hydrogen) atoms. The highest BCUT2D eigenvalue weighted by molar-refractivity contribution is 4.58. The number of nitrogens with one attached hydrogen (secondary N) is 1. The smallest absolute Gasteiger partial charge is 0.01000 e. The summed E-state index contributed by atoms with van der Waals surface area (Å²) in [5.41, 5.74) is 2.73. The molecule has 0 fully saturated rings. The highest BCUT2D eigenvalue weighted by Gasteiger charge is 2.04. The van der Waals surface area contributed by atoms with Crippen molar-refractivity contribution in [2.75, 3.05) is 6.54 Å². The van der Waals surface area contributed by atoms with E-state index in [0.29, 0.717) is 0 Å². The first-order valence-electron chi connectivity index (χ1n) is 5.78. The van der Waals surface area contributed by atoms with Gasteiger partial charge in [0, 0.05) is 6.54 Å². The lowest BCUT2D eigenvalue weighted by Crippen LogP contribution is -2.24. The van der Waals surface area contributed by atoms with Gasteiger partial charge in [0.25, 0.3) is 0 Å². The predicted molar refractivity (Wildman–Crippen MR) is 59.3 cm³/mol. The Balaban J connectivity index is 3.25. The van der Waals surface area contributed by atoms with Crippen molar-refractivity contribution in [3.63, 3.8) is 0 Å². The van der Waals surface area contributed by atoms with Crippen LogP contribution in [0.5, 0.6) is 0 Å². The number of nitrogens with two attached hydrogens (primary N) is 1. The standard InChI is InChI=1S/C11H26N2/c1-3-5-6-7-8-11(4-2)9-10-13-12/h11,13H,3-10,12H2,1-2H3. The first-order chi connectivity index (χ1) is 6.35. The number of rotatable bonds is 9. The molecule has 0 amide bonds. The van der Waals surface area contributed by atoms with E-state index in [0.717, 1.165) is 12.5 Å². The third-order valence-electron chi connectivity index (χ3n) is 2.74. The van der Waals surface area contributed by atoms with E-state index in [4.69, 9.17) is 5.84 Å². The molecule has 0 heterocycles. The van der Waals surface area contributed by atoms with Crippen LogP contribution in [0.15, 0.2) is 0 Å². The molecule has 2 heteroatoms. The highest BCUT2D eigenvalue weighted by atomic mass is 15.2. The molecule has 0 saturated carbocycles. The first kappa shape index (κ1) is 12.9. The van der Waals surface area contributed by atoms with E-state index in [1.165, 1.54) is 44.9 Å². The molecule has 1 unspecified atom stereocenters.